The molecule has 0 N–H and O–H groups in total. The molecule has 1 spiro atoms. The Kier molecular flexibility index (Phi) is 4.73. The van der Waals surface area contributed by atoms with E-state index in [4.69, 9.17) is 14.2 Å². The van der Waals surface area contributed by atoms with Gasteiger partial charge in [0.2, 0.25) is 0 Å². The molecule has 31 heavy (non-hydrogen) atoms. The number of carbonyl (C=O) groups is 1. The smallest absolute Gasteiger partial charge is 0.341 e. The Morgan fingerprint density at radius 2 is 2.10 bits per heavy atom. The van der Waals surface area contributed by atoms with E-state index in [0.717, 1.165) is 43.0 Å². The lowest BCUT2D eigenvalue weighted by Gasteiger charge is -2.36. The van der Waals surface area contributed by atoms with Gasteiger partial charge in [0.25, 0.3) is 0 Å². The lowest BCUT2D eigenvalue weighted by atomic mass is 9.69. The van der Waals surface area contributed by atoms with Gasteiger partial charge in [-0.1, -0.05) is 12.1 Å². The first-order valence-corrected chi connectivity index (χ1v) is 10.3. The van der Waals surface area contributed by atoms with E-state index in [2.05, 4.69) is 24.1 Å². The summed E-state index contributed by atoms with van der Waals surface area (Å²) < 4.78 is 44.6. The van der Waals surface area contributed by atoms with Gasteiger partial charge in [0.05, 0.1) is 18.1 Å². The minimum atomic E-state index is -0.938. The third-order valence-corrected chi connectivity index (χ3v) is 6.54. The SMILES string of the molecule is COc1ccc2c3c1OC1C[C@@H](OC(=O)c4ccc(F)cc4F)C=C[C@@]31CCN(C)C2. The zero-order valence-corrected chi connectivity index (χ0v) is 17.4. The summed E-state index contributed by atoms with van der Waals surface area (Å²) in [5.41, 5.74) is 1.73. The summed E-state index contributed by atoms with van der Waals surface area (Å²) in [7, 11) is 3.72. The van der Waals surface area contributed by atoms with Crippen molar-refractivity contribution < 1.29 is 27.8 Å². The third-order valence-electron chi connectivity index (χ3n) is 6.54. The Balaban J connectivity index is 1.46. The fourth-order valence-corrected chi connectivity index (χ4v) is 5.01. The van der Waals surface area contributed by atoms with Crippen LogP contribution in [0.1, 0.15) is 34.3 Å². The molecule has 2 aromatic carbocycles. The Labute approximate surface area is 179 Å². The number of hydrogen-bond donors (Lipinski definition) is 0. The third kappa shape index (κ3) is 3.19. The molecule has 0 aromatic heterocycles. The zero-order valence-electron chi connectivity index (χ0n) is 17.4. The second kappa shape index (κ2) is 7.34. The fraction of sp³-hybridized carbons (Fsp3) is 0.375. The number of esters is 1. The normalized spacial score (nSPS) is 26.5. The van der Waals surface area contributed by atoms with E-state index in [1.165, 1.54) is 5.56 Å². The van der Waals surface area contributed by atoms with Crippen LogP contribution in [-0.4, -0.2) is 43.8 Å². The maximum Gasteiger partial charge on any atom is 0.341 e. The van der Waals surface area contributed by atoms with Crippen LogP contribution >= 0.6 is 0 Å². The van der Waals surface area contributed by atoms with E-state index in [0.29, 0.717) is 18.2 Å². The molecule has 0 bridgehead atoms. The van der Waals surface area contributed by atoms with E-state index in [1.54, 1.807) is 7.11 Å². The summed E-state index contributed by atoms with van der Waals surface area (Å²) in [6.07, 6.45) is 4.44. The van der Waals surface area contributed by atoms with Crippen LogP contribution < -0.4 is 9.47 Å². The fourth-order valence-electron chi connectivity index (χ4n) is 5.01. The van der Waals surface area contributed by atoms with Crippen LogP contribution in [0.15, 0.2) is 42.5 Å². The quantitative estimate of drug-likeness (QED) is 0.548. The molecule has 0 amide bonds. The van der Waals surface area contributed by atoms with Gasteiger partial charge in [-0.15, -0.1) is 0 Å². The average molecular weight is 427 g/mol. The molecule has 7 heteroatoms. The maximum atomic E-state index is 14.0. The van der Waals surface area contributed by atoms with Crippen LogP contribution in [0.4, 0.5) is 8.78 Å². The number of ether oxygens (including phenoxy) is 3. The van der Waals surface area contributed by atoms with E-state index in [-0.39, 0.29) is 17.1 Å². The average Bonchev–Trinajstić information content (AvgIpc) is 2.99. The number of hydrogen-bond acceptors (Lipinski definition) is 5. The van der Waals surface area contributed by atoms with Gasteiger partial charge in [-0.25, -0.2) is 13.6 Å². The summed E-state index contributed by atoms with van der Waals surface area (Å²) in [4.78, 5) is 14.8. The molecule has 3 aliphatic rings. The lowest BCUT2D eigenvalue weighted by Crippen LogP contribution is -2.43. The number of nitrogens with zero attached hydrogens (tertiary/aromatic N) is 1. The molecule has 5 nitrogen and oxygen atoms in total. The van der Waals surface area contributed by atoms with E-state index in [9.17, 15) is 13.6 Å². The standard InChI is InChI=1S/C24H23F2NO4/c1-27-10-9-24-8-7-16(30-23(28)17-5-4-15(25)11-18(17)26)12-20(24)31-22-19(29-2)6-3-14(13-27)21(22)24/h3-8,11,16,20H,9-10,12-13H2,1-2H3/t16-,20?,24-/m0/s1. The van der Waals surface area contributed by atoms with Gasteiger partial charge >= 0.3 is 5.97 Å². The van der Waals surface area contributed by atoms with Crippen LogP contribution in [0.3, 0.4) is 0 Å². The van der Waals surface area contributed by atoms with Crippen LogP contribution in [0.5, 0.6) is 11.5 Å². The maximum absolute atomic E-state index is 14.0. The number of methoxy groups -OCH3 is 1. The molecular formula is C24H23F2NO4. The highest BCUT2D eigenvalue weighted by Gasteiger charge is 2.53. The molecule has 0 fully saturated rings. The van der Waals surface area contributed by atoms with Gasteiger partial charge in [0.15, 0.2) is 11.5 Å². The first-order valence-electron chi connectivity index (χ1n) is 10.3. The molecule has 2 aliphatic heterocycles. The second-order valence-electron chi connectivity index (χ2n) is 8.43. The van der Waals surface area contributed by atoms with Crippen molar-refractivity contribution in [2.75, 3.05) is 20.7 Å². The van der Waals surface area contributed by atoms with E-state index >= 15 is 0 Å². The van der Waals surface area contributed by atoms with Crippen molar-refractivity contribution in [3.63, 3.8) is 0 Å². The van der Waals surface area contributed by atoms with Gasteiger partial charge in [0, 0.05) is 24.6 Å². The molecule has 1 unspecified atom stereocenters. The van der Waals surface area contributed by atoms with Crippen LogP contribution in [0, 0.1) is 11.6 Å². The van der Waals surface area contributed by atoms with Crippen molar-refractivity contribution in [1.29, 1.82) is 0 Å². The van der Waals surface area contributed by atoms with Crippen molar-refractivity contribution in [3.05, 3.63) is 70.8 Å². The minimum absolute atomic E-state index is 0.232. The monoisotopic (exact) mass is 427 g/mol. The Morgan fingerprint density at radius 3 is 2.87 bits per heavy atom. The van der Waals surface area contributed by atoms with Crippen LogP contribution in [-0.2, 0) is 16.7 Å². The van der Waals surface area contributed by atoms with Gasteiger partial charge in [-0.05, 0) is 49.9 Å². The van der Waals surface area contributed by atoms with E-state index < -0.39 is 23.7 Å². The zero-order chi connectivity index (χ0) is 21.8. The highest BCUT2D eigenvalue weighted by atomic mass is 19.1. The van der Waals surface area contributed by atoms with Crippen molar-refractivity contribution in [1.82, 2.24) is 4.90 Å². The summed E-state index contributed by atoms with van der Waals surface area (Å²) in [5.74, 6) is -1.06. The molecule has 3 atom stereocenters. The van der Waals surface area contributed by atoms with Gasteiger partial charge in [-0.2, -0.15) is 0 Å². The molecule has 2 heterocycles. The molecule has 2 aromatic rings. The molecular weight excluding hydrogens is 404 g/mol. The molecule has 162 valence electrons. The largest absolute Gasteiger partial charge is 0.493 e. The summed E-state index contributed by atoms with van der Waals surface area (Å²) in [5, 5.41) is 0. The van der Waals surface area contributed by atoms with Gasteiger partial charge in [0.1, 0.15) is 23.8 Å². The molecule has 0 radical (unpaired) electrons. The van der Waals surface area contributed by atoms with Gasteiger partial charge in [-0.3, -0.25) is 0 Å². The minimum Gasteiger partial charge on any atom is -0.493 e. The number of halogens is 2. The summed E-state index contributed by atoms with van der Waals surface area (Å²) in [6, 6.07) is 6.83. The van der Waals surface area contributed by atoms with Crippen molar-refractivity contribution in [3.8, 4) is 11.5 Å². The molecule has 5 rings (SSSR count). The predicted molar refractivity (Wildman–Crippen MR) is 109 cm³/mol. The number of carbonyl (C=O) groups excluding carboxylic acids is 1. The van der Waals surface area contributed by atoms with Crippen LogP contribution in [0.25, 0.3) is 0 Å². The predicted octanol–water partition coefficient (Wildman–Crippen LogP) is 3.99. The van der Waals surface area contributed by atoms with Gasteiger partial charge < -0.3 is 19.1 Å². The topological polar surface area (TPSA) is 48.0 Å². The summed E-state index contributed by atoms with van der Waals surface area (Å²) in [6.45, 7) is 1.71. The Hall–Kier alpha value is -2.93. The van der Waals surface area contributed by atoms with Crippen molar-refractivity contribution >= 4 is 5.97 Å². The second-order valence-corrected chi connectivity index (χ2v) is 8.43. The van der Waals surface area contributed by atoms with Crippen molar-refractivity contribution in [2.45, 2.75) is 37.0 Å². The highest BCUT2D eigenvalue weighted by Crippen LogP contribution is 2.55. The molecule has 1 aliphatic carbocycles. The summed E-state index contributed by atoms with van der Waals surface area (Å²) >= 11 is 0. The molecule has 0 saturated carbocycles. The number of rotatable bonds is 3. The number of benzene rings is 2. The Morgan fingerprint density at radius 1 is 1.26 bits per heavy atom. The first-order chi connectivity index (χ1) is 14.9. The highest BCUT2D eigenvalue weighted by molar-refractivity contribution is 5.89. The van der Waals surface area contributed by atoms with Crippen LogP contribution in [0.2, 0.25) is 0 Å². The van der Waals surface area contributed by atoms with Crippen molar-refractivity contribution in [2.24, 2.45) is 0 Å². The lowest BCUT2D eigenvalue weighted by molar-refractivity contribution is 0.0213. The Bertz CT molecular complexity index is 1090. The first kappa shape index (κ1) is 20.0. The molecule has 0 saturated heterocycles. The van der Waals surface area contributed by atoms with E-state index in [1.807, 2.05) is 12.1 Å².